The fourth-order valence-electron chi connectivity index (χ4n) is 3.53. The number of aliphatic hydroxyl groups is 1. The van der Waals surface area contributed by atoms with E-state index in [0.29, 0.717) is 6.04 Å². The number of aryl methyl sites for hydroxylation is 1. The Morgan fingerprint density at radius 2 is 1.96 bits per heavy atom. The lowest BCUT2D eigenvalue weighted by Gasteiger charge is -2.41. The van der Waals surface area contributed by atoms with Crippen LogP contribution in [-0.2, 0) is 13.0 Å². The number of hydrogen-bond donors (Lipinski definition) is 1. The van der Waals surface area contributed by atoms with Crippen LogP contribution in [-0.4, -0.2) is 53.7 Å². The van der Waals surface area contributed by atoms with Crippen LogP contribution >= 0.6 is 11.3 Å². The third kappa shape index (κ3) is 4.90. The summed E-state index contributed by atoms with van der Waals surface area (Å²) in [5, 5.41) is 9.46. The van der Waals surface area contributed by atoms with Gasteiger partial charge in [0.25, 0.3) is 0 Å². The molecule has 0 bridgehead atoms. The molecule has 3 rings (SSSR count). The predicted octanol–water partition coefficient (Wildman–Crippen LogP) is 3.17. The van der Waals surface area contributed by atoms with E-state index in [1.165, 1.54) is 15.3 Å². The van der Waals surface area contributed by atoms with Gasteiger partial charge in [-0.05, 0) is 37.5 Å². The topological polar surface area (TPSA) is 26.7 Å². The summed E-state index contributed by atoms with van der Waals surface area (Å²) < 4.78 is 0. The van der Waals surface area contributed by atoms with Crippen molar-refractivity contribution in [1.82, 2.24) is 9.80 Å². The highest BCUT2D eigenvalue weighted by atomic mass is 32.1. The van der Waals surface area contributed by atoms with Crippen molar-refractivity contribution < 1.29 is 5.11 Å². The van der Waals surface area contributed by atoms with Gasteiger partial charge in [0, 0.05) is 55.1 Å². The molecule has 3 nitrogen and oxygen atoms in total. The Bertz CT molecular complexity index is 613. The predicted molar refractivity (Wildman–Crippen MR) is 102 cm³/mol. The maximum atomic E-state index is 9.46. The molecule has 2 aromatic rings. The first-order valence-corrected chi connectivity index (χ1v) is 9.73. The van der Waals surface area contributed by atoms with Gasteiger partial charge < -0.3 is 5.11 Å². The summed E-state index contributed by atoms with van der Waals surface area (Å²) in [6, 6.07) is 15.6. The van der Waals surface area contributed by atoms with E-state index in [1.54, 1.807) is 0 Å². The van der Waals surface area contributed by atoms with Gasteiger partial charge in [-0.25, -0.2) is 0 Å². The lowest BCUT2D eigenvalue weighted by molar-refractivity contribution is 0.0567. The van der Waals surface area contributed by atoms with Crippen LogP contribution in [0.25, 0.3) is 0 Å². The maximum absolute atomic E-state index is 9.46. The van der Waals surface area contributed by atoms with Gasteiger partial charge in [0.05, 0.1) is 0 Å². The molecule has 0 amide bonds. The first-order valence-electron chi connectivity index (χ1n) is 8.91. The van der Waals surface area contributed by atoms with Crippen molar-refractivity contribution in [1.29, 1.82) is 0 Å². The molecule has 1 aliphatic heterocycles. The van der Waals surface area contributed by atoms with Crippen molar-refractivity contribution >= 4 is 11.3 Å². The van der Waals surface area contributed by atoms with Crippen LogP contribution in [0.3, 0.4) is 0 Å². The van der Waals surface area contributed by atoms with Crippen LogP contribution in [0.1, 0.15) is 21.7 Å². The van der Waals surface area contributed by atoms with E-state index in [0.717, 1.165) is 45.6 Å². The zero-order chi connectivity index (χ0) is 16.8. The second-order valence-electron chi connectivity index (χ2n) is 6.69. The summed E-state index contributed by atoms with van der Waals surface area (Å²) in [5.41, 5.74) is 1.40. The molecule has 2 heterocycles. The average molecular weight is 345 g/mol. The maximum Gasteiger partial charge on any atom is 0.0446 e. The van der Waals surface area contributed by atoms with Crippen LogP contribution in [0.5, 0.6) is 0 Å². The van der Waals surface area contributed by atoms with Crippen LogP contribution in [0.15, 0.2) is 42.5 Å². The molecule has 1 atom stereocenters. The number of rotatable bonds is 7. The summed E-state index contributed by atoms with van der Waals surface area (Å²) in [7, 11) is 0. The number of aliphatic hydroxyl groups excluding tert-OH is 1. The van der Waals surface area contributed by atoms with Gasteiger partial charge in [-0.15, -0.1) is 11.3 Å². The Labute approximate surface area is 149 Å². The van der Waals surface area contributed by atoms with E-state index >= 15 is 0 Å². The lowest BCUT2D eigenvalue weighted by Crippen LogP contribution is -2.53. The number of nitrogens with zero attached hydrogens (tertiary/aromatic N) is 2. The van der Waals surface area contributed by atoms with E-state index in [2.05, 4.69) is 59.2 Å². The second kappa shape index (κ2) is 8.77. The molecule has 1 fully saturated rings. The first-order chi connectivity index (χ1) is 11.7. The van der Waals surface area contributed by atoms with Gasteiger partial charge in [-0.2, -0.15) is 0 Å². The minimum atomic E-state index is 0.276. The van der Waals surface area contributed by atoms with Crippen molar-refractivity contribution in [3.8, 4) is 0 Å². The quantitative estimate of drug-likeness (QED) is 0.836. The van der Waals surface area contributed by atoms with Gasteiger partial charge in [0.2, 0.25) is 0 Å². The molecule has 1 aromatic carbocycles. The first kappa shape index (κ1) is 17.6. The molecule has 24 heavy (non-hydrogen) atoms. The zero-order valence-corrected chi connectivity index (χ0v) is 15.3. The fourth-order valence-corrected chi connectivity index (χ4v) is 4.46. The molecule has 0 unspecified atom stereocenters. The standard InChI is InChI=1S/C20H28N2OS/c1-17-7-8-20(24-17)16-21-12-13-22(19(15-21)10-14-23)11-9-18-5-3-2-4-6-18/h2-8,19,23H,9-16H2,1H3/t19-/m0/s1. The highest BCUT2D eigenvalue weighted by molar-refractivity contribution is 7.11. The average Bonchev–Trinajstić information content (AvgIpc) is 3.00. The molecular weight excluding hydrogens is 316 g/mol. The molecule has 4 heteroatoms. The van der Waals surface area contributed by atoms with E-state index in [1.807, 2.05) is 11.3 Å². The number of benzene rings is 1. The minimum Gasteiger partial charge on any atom is -0.396 e. The molecule has 0 aliphatic carbocycles. The van der Waals surface area contributed by atoms with Crippen molar-refractivity contribution in [2.75, 3.05) is 32.8 Å². The molecule has 0 saturated carbocycles. The number of hydrogen-bond acceptors (Lipinski definition) is 4. The molecule has 1 N–H and O–H groups in total. The summed E-state index contributed by atoms with van der Waals surface area (Å²) in [6.45, 7) is 7.86. The van der Waals surface area contributed by atoms with Gasteiger partial charge in [0.15, 0.2) is 0 Å². The van der Waals surface area contributed by atoms with E-state index in [4.69, 9.17) is 0 Å². The van der Waals surface area contributed by atoms with Crippen molar-refractivity contribution in [3.05, 3.63) is 57.8 Å². The van der Waals surface area contributed by atoms with Crippen LogP contribution < -0.4 is 0 Å². The number of thiophene rings is 1. The van der Waals surface area contributed by atoms with E-state index in [9.17, 15) is 5.11 Å². The monoisotopic (exact) mass is 344 g/mol. The Kier molecular flexibility index (Phi) is 6.44. The summed E-state index contributed by atoms with van der Waals surface area (Å²) in [5.74, 6) is 0. The normalized spacial score (nSPS) is 19.7. The molecule has 1 aliphatic rings. The Hall–Kier alpha value is -1.20. The largest absolute Gasteiger partial charge is 0.396 e. The summed E-state index contributed by atoms with van der Waals surface area (Å²) >= 11 is 1.90. The number of piperazine rings is 1. The summed E-state index contributed by atoms with van der Waals surface area (Å²) in [4.78, 5) is 7.95. The van der Waals surface area contributed by atoms with Gasteiger partial charge in [0.1, 0.15) is 0 Å². The van der Waals surface area contributed by atoms with Crippen molar-refractivity contribution in [2.45, 2.75) is 32.4 Å². The second-order valence-corrected chi connectivity index (χ2v) is 8.06. The van der Waals surface area contributed by atoms with Gasteiger partial charge in [-0.1, -0.05) is 30.3 Å². The Balaban J connectivity index is 1.54. The smallest absolute Gasteiger partial charge is 0.0446 e. The van der Waals surface area contributed by atoms with Crippen molar-refractivity contribution in [2.24, 2.45) is 0 Å². The van der Waals surface area contributed by atoms with Crippen LogP contribution in [0.2, 0.25) is 0 Å². The highest BCUT2D eigenvalue weighted by Gasteiger charge is 2.26. The fraction of sp³-hybridized carbons (Fsp3) is 0.500. The van der Waals surface area contributed by atoms with Gasteiger partial charge >= 0.3 is 0 Å². The zero-order valence-electron chi connectivity index (χ0n) is 14.5. The molecule has 1 saturated heterocycles. The third-order valence-electron chi connectivity index (χ3n) is 4.86. The SMILES string of the molecule is Cc1ccc(CN2CCN(CCc3ccccc3)[C@@H](CCO)C2)s1. The van der Waals surface area contributed by atoms with Gasteiger partial charge in [-0.3, -0.25) is 9.80 Å². The van der Waals surface area contributed by atoms with E-state index < -0.39 is 0 Å². The Morgan fingerprint density at radius 3 is 2.67 bits per heavy atom. The summed E-state index contributed by atoms with van der Waals surface area (Å²) in [6.07, 6.45) is 1.96. The minimum absolute atomic E-state index is 0.276. The van der Waals surface area contributed by atoms with E-state index in [-0.39, 0.29) is 6.61 Å². The highest BCUT2D eigenvalue weighted by Crippen LogP contribution is 2.20. The van der Waals surface area contributed by atoms with Crippen molar-refractivity contribution in [3.63, 3.8) is 0 Å². The molecular formula is C20H28N2OS. The molecule has 0 radical (unpaired) electrons. The van der Waals surface area contributed by atoms with Crippen LogP contribution in [0.4, 0.5) is 0 Å². The lowest BCUT2D eigenvalue weighted by atomic mass is 10.1. The molecule has 0 spiro atoms. The molecule has 1 aromatic heterocycles. The Morgan fingerprint density at radius 1 is 1.12 bits per heavy atom. The molecule has 130 valence electrons. The third-order valence-corrected chi connectivity index (χ3v) is 5.84. The van der Waals surface area contributed by atoms with Crippen LogP contribution in [0, 0.1) is 6.92 Å².